The third kappa shape index (κ3) is 1.98. The second kappa shape index (κ2) is 3.73. The Hall–Kier alpha value is -0.830. The number of benzene rings is 1. The van der Waals surface area contributed by atoms with Crippen molar-refractivity contribution in [2.45, 2.75) is 18.4 Å². The average molecular weight is 254 g/mol. The number of alkyl halides is 1. The van der Waals surface area contributed by atoms with Crippen LogP contribution in [-0.4, -0.2) is 16.8 Å². The number of hydrogen-bond donors (Lipinski definition) is 1. The standard InChI is InChI=1S/C11H12BrNO/c12-8-11(6-7-11)13-10(14)9-4-2-1-3-5-9/h1-5H,6-8H2,(H,13,14). The largest absolute Gasteiger partial charge is 0.346 e. The lowest BCUT2D eigenvalue weighted by molar-refractivity contribution is 0.0936. The number of amides is 1. The van der Waals surface area contributed by atoms with E-state index in [4.69, 9.17) is 0 Å². The predicted octanol–water partition coefficient (Wildman–Crippen LogP) is 2.34. The van der Waals surface area contributed by atoms with Gasteiger partial charge in [0.15, 0.2) is 0 Å². The predicted molar refractivity (Wildman–Crippen MR) is 59.7 cm³/mol. The molecule has 0 radical (unpaired) electrons. The minimum Gasteiger partial charge on any atom is -0.346 e. The van der Waals surface area contributed by atoms with Crippen LogP contribution in [0.15, 0.2) is 30.3 Å². The van der Waals surface area contributed by atoms with E-state index in [1.165, 1.54) is 0 Å². The molecule has 0 unspecified atom stereocenters. The van der Waals surface area contributed by atoms with E-state index in [9.17, 15) is 4.79 Å². The molecule has 0 spiro atoms. The van der Waals surface area contributed by atoms with Crippen LogP contribution in [0.2, 0.25) is 0 Å². The molecule has 1 aliphatic rings. The lowest BCUT2D eigenvalue weighted by Crippen LogP contribution is -2.38. The van der Waals surface area contributed by atoms with Crippen LogP contribution >= 0.6 is 15.9 Å². The first kappa shape index (κ1) is 9.71. The van der Waals surface area contributed by atoms with Crippen molar-refractivity contribution in [3.63, 3.8) is 0 Å². The third-order valence-corrected chi connectivity index (χ3v) is 3.60. The molecule has 0 aromatic heterocycles. The highest BCUT2D eigenvalue weighted by molar-refractivity contribution is 9.09. The van der Waals surface area contributed by atoms with Gasteiger partial charge in [-0.15, -0.1) is 0 Å². The first-order valence-corrected chi connectivity index (χ1v) is 5.81. The fourth-order valence-corrected chi connectivity index (χ4v) is 2.05. The first-order chi connectivity index (χ1) is 6.76. The fraction of sp³-hybridized carbons (Fsp3) is 0.364. The molecular weight excluding hydrogens is 242 g/mol. The van der Waals surface area contributed by atoms with Crippen molar-refractivity contribution in [2.24, 2.45) is 0 Å². The van der Waals surface area contributed by atoms with E-state index >= 15 is 0 Å². The third-order valence-electron chi connectivity index (χ3n) is 2.52. The Bertz CT molecular complexity index is 332. The van der Waals surface area contributed by atoms with Crippen LogP contribution in [-0.2, 0) is 0 Å². The lowest BCUT2D eigenvalue weighted by atomic mass is 10.2. The van der Waals surface area contributed by atoms with Gasteiger partial charge in [-0.3, -0.25) is 4.79 Å². The summed E-state index contributed by atoms with van der Waals surface area (Å²) in [7, 11) is 0. The molecule has 0 heterocycles. The summed E-state index contributed by atoms with van der Waals surface area (Å²) < 4.78 is 0. The van der Waals surface area contributed by atoms with Crippen molar-refractivity contribution in [3.8, 4) is 0 Å². The zero-order valence-electron chi connectivity index (χ0n) is 7.79. The van der Waals surface area contributed by atoms with Crippen LogP contribution in [0.25, 0.3) is 0 Å². The zero-order valence-corrected chi connectivity index (χ0v) is 9.38. The van der Waals surface area contributed by atoms with Gasteiger partial charge in [-0.05, 0) is 25.0 Å². The van der Waals surface area contributed by atoms with Crippen LogP contribution < -0.4 is 5.32 Å². The van der Waals surface area contributed by atoms with Crippen molar-refractivity contribution >= 4 is 21.8 Å². The first-order valence-electron chi connectivity index (χ1n) is 4.69. The molecular formula is C11H12BrNO. The van der Waals surface area contributed by atoms with Gasteiger partial charge in [0.2, 0.25) is 0 Å². The zero-order chi connectivity index (χ0) is 10.0. The van der Waals surface area contributed by atoms with Gasteiger partial charge in [0.05, 0.1) is 5.54 Å². The summed E-state index contributed by atoms with van der Waals surface area (Å²) in [5.41, 5.74) is 0.771. The smallest absolute Gasteiger partial charge is 0.251 e. The Morgan fingerprint density at radius 3 is 2.50 bits per heavy atom. The summed E-state index contributed by atoms with van der Waals surface area (Å²) in [5.74, 6) is 0.0301. The molecule has 0 atom stereocenters. The topological polar surface area (TPSA) is 29.1 Å². The van der Waals surface area contributed by atoms with E-state index in [1.54, 1.807) is 0 Å². The van der Waals surface area contributed by atoms with Crippen molar-refractivity contribution in [3.05, 3.63) is 35.9 Å². The molecule has 0 saturated heterocycles. The Morgan fingerprint density at radius 1 is 1.36 bits per heavy atom. The maximum absolute atomic E-state index is 11.7. The number of hydrogen-bond acceptors (Lipinski definition) is 1. The van der Waals surface area contributed by atoms with Gasteiger partial charge >= 0.3 is 0 Å². The average Bonchev–Trinajstić information content (AvgIpc) is 3.00. The van der Waals surface area contributed by atoms with Crippen LogP contribution in [0.5, 0.6) is 0 Å². The Kier molecular flexibility index (Phi) is 2.59. The van der Waals surface area contributed by atoms with Gasteiger partial charge in [-0.2, -0.15) is 0 Å². The molecule has 14 heavy (non-hydrogen) atoms. The minimum absolute atomic E-state index is 0.0301. The van der Waals surface area contributed by atoms with Gasteiger partial charge in [0, 0.05) is 10.9 Å². The van der Waals surface area contributed by atoms with Crippen LogP contribution in [0, 0.1) is 0 Å². The van der Waals surface area contributed by atoms with E-state index in [1.807, 2.05) is 30.3 Å². The molecule has 74 valence electrons. The summed E-state index contributed by atoms with van der Waals surface area (Å²) in [6.45, 7) is 0. The number of carbonyl (C=O) groups excluding carboxylic acids is 1. The van der Waals surface area contributed by atoms with Gasteiger partial charge in [0.1, 0.15) is 0 Å². The number of nitrogens with one attached hydrogen (secondary N) is 1. The van der Waals surface area contributed by atoms with Crippen molar-refractivity contribution < 1.29 is 4.79 Å². The lowest BCUT2D eigenvalue weighted by Gasteiger charge is -2.13. The van der Waals surface area contributed by atoms with Gasteiger partial charge in [0.25, 0.3) is 5.91 Å². The van der Waals surface area contributed by atoms with E-state index in [2.05, 4.69) is 21.2 Å². The van der Waals surface area contributed by atoms with Crippen LogP contribution in [0.4, 0.5) is 0 Å². The SMILES string of the molecule is O=C(NC1(CBr)CC1)c1ccccc1. The number of rotatable bonds is 3. The molecule has 1 aromatic carbocycles. The summed E-state index contributed by atoms with van der Waals surface area (Å²) in [4.78, 5) is 11.7. The Balaban J connectivity index is 2.03. The molecule has 2 rings (SSSR count). The summed E-state index contributed by atoms with van der Waals surface area (Å²) in [6.07, 6.45) is 2.16. The second-order valence-electron chi connectivity index (χ2n) is 3.73. The van der Waals surface area contributed by atoms with E-state index in [0.717, 1.165) is 23.7 Å². The van der Waals surface area contributed by atoms with E-state index in [-0.39, 0.29) is 11.4 Å². The van der Waals surface area contributed by atoms with Crippen LogP contribution in [0.3, 0.4) is 0 Å². The molecule has 1 fully saturated rings. The monoisotopic (exact) mass is 253 g/mol. The number of halogens is 1. The molecule has 1 aliphatic carbocycles. The molecule has 1 N–H and O–H groups in total. The quantitative estimate of drug-likeness (QED) is 0.824. The van der Waals surface area contributed by atoms with Crippen molar-refractivity contribution in [1.29, 1.82) is 0 Å². The summed E-state index contributed by atoms with van der Waals surface area (Å²) >= 11 is 3.42. The summed E-state index contributed by atoms with van der Waals surface area (Å²) in [5, 5.41) is 3.89. The minimum atomic E-state index is 0.0301. The summed E-state index contributed by atoms with van der Waals surface area (Å²) in [6, 6.07) is 9.33. The van der Waals surface area contributed by atoms with Gasteiger partial charge in [-0.25, -0.2) is 0 Å². The highest BCUT2D eigenvalue weighted by atomic mass is 79.9. The molecule has 2 nitrogen and oxygen atoms in total. The molecule has 3 heteroatoms. The van der Waals surface area contributed by atoms with Crippen LogP contribution in [0.1, 0.15) is 23.2 Å². The normalized spacial score (nSPS) is 17.5. The second-order valence-corrected chi connectivity index (χ2v) is 4.29. The van der Waals surface area contributed by atoms with Gasteiger partial charge < -0.3 is 5.32 Å². The van der Waals surface area contributed by atoms with E-state index < -0.39 is 0 Å². The molecule has 1 aromatic rings. The maximum Gasteiger partial charge on any atom is 0.251 e. The highest BCUT2D eigenvalue weighted by Crippen LogP contribution is 2.37. The fourth-order valence-electron chi connectivity index (χ4n) is 1.35. The molecule has 0 aliphatic heterocycles. The number of carbonyl (C=O) groups is 1. The van der Waals surface area contributed by atoms with Crippen molar-refractivity contribution in [2.75, 3.05) is 5.33 Å². The van der Waals surface area contributed by atoms with Gasteiger partial charge in [-0.1, -0.05) is 34.1 Å². The maximum atomic E-state index is 11.7. The van der Waals surface area contributed by atoms with Crippen molar-refractivity contribution in [1.82, 2.24) is 5.32 Å². The highest BCUT2D eigenvalue weighted by Gasteiger charge is 2.42. The molecule has 1 saturated carbocycles. The molecule has 1 amide bonds. The molecule has 0 bridgehead atoms. The Labute approximate surface area is 91.8 Å². The van der Waals surface area contributed by atoms with E-state index in [0.29, 0.717) is 0 Å². The Morgan fingerprint density at radius 2 is 2.00 bits per heavy atom.